The van der Waals surface area contributed by atoms with Crippen molar-refractivity contribution >= 4 is 16.0 Å². The summed E-state index contributed by atoms with van der Waals surface area (Å²) in [6, 6.07) is 0.0156. The predicted octanol–water partition coefficient (Wildman–Crippen LogP) is 0.380. The van der Waals surface area contributed by atoms with E-state index in [0.717, 1.165) is 12.8 Å². The molecule has 1 aliphatic heterocycles. The Morgan fingerprint density at radius 1 is 1.39 bits per heavy atom. The number of ether oxygens (including phenoxy) is 2. The van der Waals surface area contributed by atoms with E-state index in [2.05, 4.69) is 4.74 Å². The van der Waals surface area contributed by atoms with Gasteiger partial charge in [0.05, 0.1) is 12.9 Å². The Kier molecular flexibility index (Phi) is 6.04. The van der Waals surface area contributed by atoms with Gasteiger partial charge in [-0.15, -0.1) is 0 Å². The lowest BCUT2D eigenvalue weighted by molar-refractivity contribution is -0.140. The lowest BCUT2D eigenvalue weighted by Crippen LogP contribution is -2.41. The molecule has 1 rings (SSSR count). The van der Waals surface area contributed by atoms with Gasteiger partial charge < -0.3 is 9.47 Å². The Hall–Kier alpha value is -0.660. The zero-order valence-electron chi connectivity index (χ0n) is 10.9. The first kappa shape index (κ1) is 15.4. The summed E-state index contributed by atoms with van der Waals surface area (Å²) in [6.45, 7) is 1.21. The fraction of sp³-hybridized carbons (Fsp3) is 0.909. The van der Waals surface area contributed by atoms with Crippen molar-refractivity contribution in [3.05, 3.63) is 0 Å². The standard InChI is InChI=1S/C11H21NO5S/c1-12(10-5-7-17-8-6-10)18(14,15)9-3-4-11(13)16-2/h10H,3-9H2,1-2H3. The fourth-order valence-corrected chi connectivity index (χ4v) is 3.38. The van der Waals surface area contributed by atoms with Crippen LogP contribution >= 0.6 is 0 Å². The summed E-state index contributed by atoms with van der Waals surface area (Å²) < 4.78 is 35.2. The fourth-order valence-electron chi connectivity index (χ4n) is 1.92. The molecular weight excluding hydrogens is 258 g/mol. The average Bonchev–Trinajstić information content (AvgIpc) is 2.38. The number of carbonyl (C=O) groups excluding carboxylic acids is 1. The molecule has 0 aliphatic carbocycles. The van der Waals surface area contributed by atoms with Crippen LogP contribution in [0.15, 0.2) is 0 Å². The van der Waals surface area contributed by atoms with Crippen molar-refractivity contribution in [3.8, 4) is 0 Å². The van der Waals surface area contributed by atoms with Crippen LogP contribution in [0.1, 0.15) is 25.7 Å². The van der Waals surface area contributed by atoms with Gasteiger partial charge in [0.1, 0.15) is 0 Å². The summed E-state index contributed by atoms with van der Waals surface area (Å²) in [5.41, 5.74) is 0. The Morgan fingerprint density at radius 2 is 2.00 bits per heavy atom. The highest BCUT2D eigenvalue weighted by Crippen LogP contribution is 2.17. The number of nitrogens with zero attached hydrogens (tertiary/aromatic N) is 1. The van der Waals surface area contributed by atoms with Crippen LogP contribution < -0.4 is 0 Å². The molecule has 0 aromatic rings. The van der Waals surface area contributed by atoms with Gasteiger partial charge in [0, 0.05) is 32.7 Å². The molecule has 106 valence electrons. The van der Waals surface area contributed by atoms with E-state index >= 15 is 0 Å². The van der Waals surface area contributed by atoms with E-state index in [1.807, 2.05) is 0 Å². The Balaban J connectivity index is 2.43. The molecule has 0 atom stereocenters. The van der Waals surface area contributed by atoms with Crippen LogP contribution in [0.5, 0.6) is 0 Å². The van der Waals surface area contributed by atoms with E-state index in [4.69, 9.17) is 4.74 Å². The largest absolute Gasteiger partial charge is 0.469 e. The van der Waals surface area contributed by atoms with Gasteiger partial charge in [-0.1, -0.05) is 0 Å². The summed E-state index contributed by atoms with van der Waals surface area (Å²) in [7, 11) is -0.397. The molecule has 6 nitrogen and oxygen atoms in total. The van der Waals surface area contributed by atoms with E-state index in [0.29, 0.717) is 19.6 Å². The zero-order chi connectivity index (χ0) is 13.6. The van der Waals surface area contributed by atoms with Crippen LogP contribution in [0.25, 0.3) is 0 Å². The summed E-state index contributed by atoms with van der Waals surface area (Å²) in [5, 5.41) is 0. The van der Waals surface area contributed by atoms with E-state index in [1.165, 1.54) is 11.4 Å². The Bertz CT molecular complexity index is 362. The maximum absolute atomic E-state index is 12.0. The molecule has 0 saturated carbocycles. The first-order valence-electron chi connectivity index (χ1n) is 6.07. The Labute approximate surface area is 108 Å². The number of sulfonamides is 1. The molecule has 1 aliphatic rings. The molecule has 0 bridgehead atoms. The van der Waals surface area contributed by atoms with E-state index in [-0.39, 0.29) is 24.2 Å². The normalized spacial score (nSPS) is 17.9. The van der Waals surface area contributed by atoms with Crippen molar-refractivity contribution in [3.63, 3.8) is 0 Å². The lowest BCUT2D eigenvalue weighted by atomic mass is 10.1. The van der Waals surface area contributed by atoms with E-state index < -0.39 is 10.0 Å². The molecule has 0 N–H and O–H groups in total. The summed E-state index contributed by atoms with van der Waals surface area (Å²) in [4.78, 5) is 10.9. The second-order valence-corrected chi connectivity index (χ2v) is 6.50. The number of carbonyl (C=O) groups is 1. The van der Waals surface area contributed by atoms with E-state index in [1.54, 1.807) is 7.05 Å². The first-order valence-corrected chi connectivity index (χ1v) is 7.68. The lowest BCUT2D eigenvalue weighted by Gasteiger charge is -2.30. The maximum Gasteiger partial charge on any atom is 0.305 e. The SMILES string of the molecule is COC(=O)CCCS(=O)(=O)N(C)C1CCOCC1. The van der Waals surface area contributed by atoms with Crippen molar-refractivity contribution in [2.75, 3.05) is 33.1 Å². The average molecular weight is 279 g/mol. The van der Waals surface area contributed by atoms with Crippen molar-refractivity contribution in [1.29, 1.82) is 0 Å². The molecule has 0 spiro atoms. The quantitative estimate of drug-likeness (QED) is 0.657. The van der Waals surface area contributed by atoms with Crippen LogP contribution in [0.4, 0.5) is 0 Å². The monoisotopic (exact) mass is 279 g/mol. The molecule has 0 unspecified atom stereocenters. The van der Waals surface area contributed by atoms with Crippen LogP contribution in [-0.4, -0.2) is 57.9 Å². The van der Waals surface area contributed by atoms with Crippen LogP contribution in [0.3, 0.4) is 0 Å². The third-order valence-electron chi connectivity index (χ3n) is 3.15. The predicted molar refractivity (Wildman–Crippen MR) is 66.6 cm³/mol. The maximum atomic E-state index is 12.0. The van der Waals surface area contributed by atoms with Crippen LogP contribution in [0, 0.1) is 0 Å². The molecule has 0 amide bonds. The van der Waals surface area contributed by atoms with E-state index in [9.17, 15) is 13.2 Å². The second-order valence-electron chi connectivity index (χ2n) is 4.36. The topological polar surface area (TPSA) is 72.9 Å². The minimum Gasteiger partial charge on any atom is -0.469 e. The highest BCUT2D eigenvalue weighted by Gasteiger charge is 2.27. The highest BCUT2D eigenvalue weighted by atomic mass is 32.2. The second kappa shape index (κ2) is 7.06. The molecule has 0 aromatic heterocycles. The summed E-state index contributed by atoms with van der Waals surface area (Å²) >= 11 is 0. The minimum absolute atomic E-state index is 0.0156. The number of rotatable bonds is 6. The number of hydrogen-bond acceptors (Lipinski definition) is 5. The number of esters is 1. The number of methoxy groups -OCH3 is 1. The third-order valence-corrected chi connectivity index (χ3v) is 5.13. The van der Waals surface area contributed by atoms with Crippen molar-refractivity contribution in [1.82, 2.24) is 4.31 Å². The minimum atomic E-state index is -3.29. The zero-order valence-corrected chi connectivity index (χ0v) is 11.7. The molecule has 1 fully saturated rings. The number of hydrogen-bond donors (Lipinski definition) is 0. The smallest absolute Gasteiger partial charge is 0.305 e. The third kappa shape index (κ3) is 4.55. The van der Waals surface area contributed by atoms with Gasteiger partial charge in [-0.2, -0.15) is 0 Å². The molecular formula is C11H21NO5S. The van der Waals surface area contributed by atoms with Gasteiger partial charge in [-0.05, 0) is 19.3 Å². The van der Waals surface area contributed by atoms with Gasteiger partial charge in [-0.25, -0.2) is 12.7 Å². The molecule has 0 aromatic carbocycles. The highest BCUT2D eigenvalue weighted by molar-refractivity contribution is 7.89. The molecule has 1 saturated heterocycles. The van der Waals surface area contributed by atoms with Gasteiger partial charge >= 0.3 is 5.97 Å². The first-order chi connectivity index (χ1) is 8.47. The van der Waals surface area contributed by atoms with Gasteiger partial charge in [0.2, 0.25) is 10.0 Å². The Morgan fingerprint density at radius 3 is 2.56 bits per heavy atom. The van der Waals surface area contributed by atoms with Crippen LogP contribution in [-0.2, 0) is 24.3 Å². The molecule has 1 heterocycles. The van der Waals surface area contributed by atoms with Crippen molar-refractivity contribution in [2.45, 2.75) is 31.7 Å². The van der Waals surface area contributed by atoms with Crippen molar-refractivity contribution in [2.24, 2.45) is 0 Å². The van der Waals surface area contributed by atoms with Crippen LogP contribution in [0.2, 0.25) is 0 Å². The summed E-state index contributed by atoms with van der Waals surface area (Å²) in [6.07, 6.45) is 1.89. The summed E-state index contributed by atoms with van der Waals surface area (Å²) in [5.74, 6) is -0.394. The van der Waals surface area contributed by atoms with Gasteiger partial charge in [0.25, 0.3) is 0 Å². The molecule has 7 heteroatoms. The van der Waals surface area contributed by atoms with Crippen molar-refractivity contribution < 1.29 is 22.7 Å². The van der Waals surface area contributed by atoms with Gasteiger partial charge in [-0.3, -0.25) is 4.79 Å². The molecule has 0 radical (unpaired) electrons. The molecule has 18 heavy (non-hydrogen) atoms. The van der Waals surface area contributed by atoms with Gasteiger partial charge in [0.15, 0.2) is 0 Å².